The molecule has 6 heteroatoms. The first-order chi connectivity index (χ1) is 10.1. The first-order valence-corrected chi connectivity index (χ1v) is 6.77. The summed E-state index contributed by atoms with van der Waals surface area (Å²) in [6.07, 6.45) is 2.21. The summed E-state index contributed by atoms with van der Waals surface area (Å²) in [5.41, 5.74) is 7.48. The highest BCUT2D eigenvalue weighted by molar-refractivity contribution is 6.33. The quantitative estimate of drug-likeness (QED) is 0.771. The molecule has 0 amide bonds. The van der Waals surface area contributed by atoms with E-state index in [1.54, 1.807) is 18.4 Å². The van der Waals surface area contributed by atoms with E-state index in [9.17, 15) is 4.39 Å². The fourth-order valence-corrected chi connectivity index (χ4v) is 2.55. The van der Waals surface area contributed by atoms with Crippen LogP contribution in [0.1, 0.15) is 12.7 Å². The predicted octanol–water partition coefficient (Wildman–Crippen LogP) is 4.54. The van der Waals surface area contributed by atoms with Crippen LogP contribution in [0.5, 0.6) is 0 Å². The van der Waals surface area contributed by atoms with E-state index in [2.05, 4.69) is 5.16 Å². The molecule has 0 saturated heterocycles. The maximum absolute atomic E-state index is 14.2. The van der Waals surface area contributed by atoms with Crippen LogP contribution >= 0.6 is 11.6 Å². The molecule has 0 atom stereocenters. The Morgan fingerprint density at radius 1 is 1.29 bits per heavy atom. The van der Waals surface area contributed by atoms with Gasteiger partial charge >= 0.3 is 0 Å². The molecule has 0 aliphatic rings. The van der Waals surface area contributed by atoms with Gasteiger partial charge in [-0.1, -0.05) is 29.7 Å². The van der Waals surface area contributed by atoms with Crippen molar-refractivity contribution < 1.29 is 13.3 Å². The smallest absolute Gasteiger partial charge is 0.230 e. The number of halogens is 2. The third-order valence-corrected chi connectivity index (χ3v) is 3.57. The van der Waals surface area contributed by atoms with Crippen molar-refractivity contribution in [1.29, 1.82) is 0 Å². The molecule has 0 unspecified atom stereocenters. The zero-order valence-electron chi connectivity index (χ0n) is 11.2. The SMILES string of the molecule is CCc1occc1-c1noc(N)c1-c1c(F)cccc1Cl. The number of furan rings is 1. The van der Waals surface area contributed by atoms with E-state index in [-0.39, 0.29) is 16.5 Å². The number of nitrogens with zero attached hydrogens (tertiary/aromatic N) is 1. The van der Waals surface area contributed by atoms with Gasteiger partial charge in [0, 0.05) is 17.5 Å². The molecule has 2 aromatic heterocycles. The van der Waals surface area contributed by atoms with E-state index >= 15 is 0 Å². The number of aromatic nitrogens is 1. The van der Waals surface area contributed by atoms with E-state index in [4.69, 9.17) is 26.3 Å². The van der Waals surface area contributed by atoms with E-state index < -0.39 is 5.82 Å². The molecule has 0 radical (unpaired) electrons. The first-order valence-electron chi connectivity index (χ1n) is 6.39. The summed E-state index contributed by atoms with van der Waals surface area (Å²) in [6.45, 7) is 1.95. The average Bonchev–Trinajstić information content (AvgIpc) is 3.06. The molecule has 3 aromatic rings. The monoisotopic (exact) mass is 306 g/mol. The number of benzene rings is 1. The van der Waals surface area contributed by atoms with Crippen LogP contribution in [0.25, 0.3) is 22.4 Å². The third kappa shape index (κ3) is 2.19. The van der Waals surface area contributed by atoms with E-state index in [0.29, 0.717) is 23.2 Å². The molecule has 0 aliphatic heterocycles. The number of nitrogens with two attached hydrogens (primary N) is 1. The molecule has 0 fully saturated rings. The van der Waals surface area contributed by atoms with Crippen molar-refractivity contribution in [3.63, 3.8) is 0 Å². The minimum Gasteiger partial charge on any atom is -0.469 e. The molecule has 4 nitrogen and oxygen atoms in total. The highest BCUT2D eigenvalue weighted by atomic mass is 35.5. The van der Waals surface area contributed by atoms with Crippen LogP contribution in [0.4, 0.5) is 10.3 Å². The van der Waals surface area contributed by atoms with Gasteiger partial charge in [0.2, 0.25) is 5.88 Å². The molecular formula is C15H12ClFN2O2. The van der Waals surface area contributed by atoms with Crippen LogP contribution in [-0.4, -0.2) is 5.16 Å². The molecule has 21 heavy (non-hydrogen) atoms. The predicted molar refractivity (Wildman–Crippen MR) is 78.4 cm³/mol. The Morgan fingerprint density at radius 3 is 2.81 bits per heavy atom. The second kappa shape index (κ2) is 5.26. The second-order valence-corrected chi connectivity index (χ2v) is 4.89. The number of nitrogen functional groups attached to an aromatic ring is 1. The first kappa shape index (κ1) is 13.7. The molecule has 3 rings (SSSR count). The highest BCUT2D eigenvalue weighted by Crippen LogP contribution is 2.42. The fourth-order valence-electron chi connectivity index (χ4n) is 2.29. The van der Waals surface area contributed by atoms with Crippen molar-refractivity contribution in [1.82, 2.24) is 5.16 Å². The van der Waals surface area contributed by atoms with E-state index in [1.807, 2.05) is 6.92 Å². The number of hydrogen-bond acceptors (Lipinski definition) is 4. The molecule has 0 saturated carbocycles. The Labute approximate surface area is 125 Å². The second-order valence-electron chi connectivity index (χ2n) is 4.48. The van der Waals surface area contributed by atoms with Gasteiger partial charge in [-0.05, 0) is 18.2 Å². The van der Waals surface area contributed by atoms with Crippen LogP contribution in [0.2, 0.25) is 5.02 Å². The normalized spacial score (nSPS) is 11.0. The molecule has 2 N–H and O–H groups in total. The zero-order valence-corrected chi connectivity index (χ0v) is 11.9. The largest absolute Gasteiger partial charge is 0.469 e. The lowest BCUT2D eigenvalue weighted by Crippen LogP contribution is -1.92. The van der Waals surface area contributed by atoms with Gasteiger partial charge in [0.15, 0.2) is 0 Å². The fraction of sp³-hybridized carbons (Fsp3) is 0.133. The van der Waals surface area contributed by atoms with Crippen LogP contribution in [0, 0.1) is 5.82 Å². The third-order valence-electron chi connectivity index (χ3n) is 3.25. The van der Waals surface area contributed by atoms with Gasteiger partial charge in [0.25, 0.3) is 0 Å². The Kier molecular flexibility index (Phi) is 3.43. The summed E-state index contributed by atoms with van der Waals surface area (Å²) >= 11 is 6.11. The van der Waals surface area contributed by atoms with Crippen molar-refractivity contribution in [3.8, 4) is 22.4 Å². The lowest BCUT2D eigenvalue weighted by atomic mass is 10.00. The molecule has 1 aromatic carbocycles. The zero-order chi connectivity index (χ0) is 15.0. The molecule has 0 aliphatic carbocycles. The van der Waals surface area contributed by atoms with Crippen LogP contribution in [-0.2, 0) is 6.42 Å². The van der Waals surface area contributed by atoms with Crippen molar-refractivity contribution in [2.45, 2.75) is 13.3 Å². The maximum atomic E-state index is 14.2. The van der Waals surface area contributed by atoms with Crippen molar-refractivity contribution in [2.75, 3.05) is 5.73 Å². The van der Waals surface area contributed by atoms with Crippen molar-refractivity contribution >= 4 is 17.5 Å². The lowest BCUT2D eigenvalue weighted by molar-refractivity contribution is 0.439. The number of hydrogen-bond donors (Lipinski definition) is 1. The van der Waals surface area contributed by atoms with Gasteiger partial charge < -0.3 is 14.7 Å². The minimum atomic E-state index is -0.486. The number of anilines is 1. The summed E-state index contributed by atoms with van der Waals surface area (Å²) in [5, 5.41) is 4.18. The summed E-state index contributed by atoms with van der Waals surface area (Å²) in [4.78, 5) is 0. The minimum absolute atomic E-state index is 0.0141. The van der Waals surface area contributed by atoms with Gasteiger partial charge in [0.1, 0.15) is 17.3 Å². The molecule has 108 valence electrons. The van der Waals surface area contributed by atoms with Crippen LogP contribution in [0.15, 0.2) is 39.5 Å². The van der Waals surface area contributed by atoms with Gasteiger partial charge in [-0.2, -0.15) is 0 Å². The average molecular weight is 307 g/mol. The summed E-state index contributed by atoms with van der Waals surface area (Å²) in [7, 11) is 0. The van der Waals surface area contributed by atoms with Gasteiger partial charge in [-0.15, -0.1) is 0 Å². The molecule has 0 bridgehead atoms. The molecule has 0 spiro atoms. The Hall–Kier alpha value is -2.27. The van der Waals surface area contributed by atoms with Gasteiger partial charge in [-0.3, -0.25) is 0 Å². The van der Waals surface area contributed by atoms with Crippen molar-refractivity contribution in [3.05, 3.63) is 47.1 Å². The summed E-state index contributed by atoms with van der Waals surface area (Å²) < 4.78 is 24.6. The standard InChI is InChI=1S/C15H12ClFN2O2/c1-2-11-8(6-7-20-11)14-13(15(18)21-19-14)12-9(16)4-3-5-10(12)17/h3-7H,2,18H2,1H3. The van der Waals surface area contributed by atoms with E-state index in [1.165, 1.54) is 12.1 Å². The topological polar surface area (TPSA) is 65.2 Å². The Balaban J connectivity index is 2.28. The maximum Gasteiger partial charge on any atom is 0.230 e. The Morgan fingerprint density at radius 2 is 2.10 bits per heavy atom. The Bertz CT molecular complexity index is 775. The van der Waals surface area contributed by atoms with E-state index in [0.717, 1.165) is 5.76 Å². The summed E-state index contributed by atoms with van der Waals surface area (Å²) in [6, 6.07) is 6.17. The number of aryl methyl sites for hydroxylation is 1. The van der Waals surface area contributed by atoms with Gasteiger partial charge in [-0.25, -0.2) is 4.39 Å². The van der Waals surface area contributed by atoms with Crippen LogP contribution in [0.3, 0.4) is 0 Å². The van der Waals surface area contributed by atoms with Crippen molar-refractivity contribution in [2.24, 2.45) is 0 Å². The van der Waals surface area contributed by atoms with Gasteiger partial charge in [0.05, 0.1) is 16.8 Å². The molecular weight excluding hydrogens is 295 g/mol. The lowest BCUT2D eigenvalue weighted by Gasteiger charge is -2.06. The number of rotatable bonds is 3. The highest BCUT2D eigenvalue weighted by Gasteiger charge is 2.24. The molecule has 2 heterocycles. The van der Waals surface area contributed by atoms with Crippen LogP contribution < -0.4 is 5.73 Å². The summed E-state index contributed by atoms with van der Waals surface area (Å²) in [5.74, 6) is 0.248.